The van der Waals surface area contributed by atoms with Gasteiger partial charge in [-0.25, -0.2) is 13.2 Å². The zero-order valence-electron chi connectivity index (χ0n) is 16.5. The number of carbonyl (C=O) groups excluding carboxylic acids is 2. The monoisotopic (exact) mass is 438 g/mol. The van der Waals surface area contributed by atoms with E-state index < -0.39 is 23.4 Å². The van der Waals surface area contributed by atoms with Crippen molar-refractivity contribution in [2.24, 2.45) is 7.05 Å². The molecule has 6 nitrogen and oxygen atoms in total. The highest BCUT2D eigenvalue weighted by molar-refractivity contribution is 7.71. The highest BCUT2D eigenvalue weighted by atomic mass is 32.1. The van der Waals surface area contributed by atoms with Crippen LogP contribution in [0.2, 0.25) is 0 Å². The highest BCUT2D eigenvalue weighted by Gasteiger charge is 2.34. The SMILES string of the molecule is CN1C[C@@H](NC(=O)Cc2c3n(c(=S)n2C)C[C@@H](c2c(F)ccc(F)c2F)C3)CC1=O. The van der Waals surface area contributed by atoms with Crippen molar-refractivity contribution in [3.8, 4) is 0 Å². The van der Waals surface area contributed by atoms with Gasteiger partial charge in [-0.05, 0) is 30.8 Å². The van der Waals surface area contributed by atoms with Crippen LogP contribution in [0, 0.1) is 22.2 Å². The average molecular weight is 438 g/mol. The molecule has 1 aromatic carbocycles. The van der Waals surface area contributed by atoms with Gasteiger partial charge in [0, 0.05) is 56.5 Å². The van der Waals surface area contributed by atoms with Gasteiger partial charge >= 0.3 is 0 Å². The summed E-state index contributed by atoms with van der Waals surface area (Å²) < 4.78 is 46.1. The van der Waals surface area contributed by atoms with Crippen LogP contribution in [0.1, 0.15) is 29.3 Å². The van der Waals surface area contributed by atoms with E-state index in [-0.39, 0.29) is 49.2 Å². The quantitative estimate of drug-likeness (QED) is 0.588. The van der Waals surface area contributed by atoms with E-state index in [1.165, 1.54) is 0 Å². The Hall–Kier alpha value is -2.62. The molecule has 0 unspecified atom stereocenters. The maximum Gasteiger partial charge on any atom is 0.226 e. The molecule has 2 aromatic rings. The minimum atomic E-state index is -1.18. The molecule has 10 heteroatoms. The minimum Gasteiger partial charge on any atom is -0.351 e. The molecule has 0 radical (unpaired) electrons. The number of rotatable bonds is 4. The summed E-state index contributed by atoms with van der Waals surface area (Å²) in [6, 6.07) is 1.44. The lowest BCUT2D eigenvalue weighted by Gasteiger charge is -2.14. The van der Waals surface area contributed by atoms with Crippen molar-refractivity contribution >= 4 is 24.0 Å². The van der Waals surface area contributed by atoms with E-state index in [1.807, 2.05) is 0 Å². The molecule has 4 rings (SSSR count). The van der Waals surface area contributed by atoms with E-state index in [0.29, 0.717) is 22.7 Å². The predicted octanol–water partition coefficient (Wildman–Crippen LogP) is 2.20. The van der Waals surface area contributed by atoms with E-state index in [2.05, 4.69) is 5.32 Å². The molecule has 160 valence electrons. The third-order valence-corrected chi connectivity index (χ3v) is 6.44. The number of fused-ring (bicyclic) bond motifs is 1. The van der Waals surface area contributed by atoms with Gasteiger partial charge in [0.1, 0.15) is 5.82 Å². The summed E-state index contributed by atoms with van der Waals surface area (Å²) in [6.07, 6.45) is 0.529. The normalized spacial score (nSPS) is 20.7. The molecule has 2 aliphatic rings. The number of likely N-dealkylation sites (N-methyl/N-ethyl adjacent to an activating group) is 1. The summed E-state index contributed by atoms with van der Waals surface area (Å²) in [6.45, 7) is 0.667. The number of imidazole rings is 1. The number of amides is 2. The van der Waals surface area contributed by atoms with E-state index in [4.69, 9.17) is 12.2 Å². The van der Waals surface area contributed by atoms with Crippen molar-refractivity contribution in [2.75, 3.05) is 13.6 Å². The Labute approximate surface area is 176 Å². The van der Waals surface area contributed by atoms with Gasteiger partial charge in [-0.1, -0.05) is 0 Å². The maximum absolute atomic E-state index is 14.3. The fourth-order valence-electron chi connectivity index (χ4n) is 4.42. The molecule has 2 atom stereocenters. The number of nitrogens with one attached hydrogen (secondary N) is 1. The topological polar surface area (TPSA) is 59.3 Å². The van der Waals surface area contributed by atoms with Gasteiger partial charge in [0.2, 0.25) is 11.8 Å². The lowest BCUT2D eigenvalue weighted by molar-refractivity contribution is -0.126. The van der Waals surface area contributed by atoms with Gasteiger partial charge in [0.15, 0.2) is 16.4 Å². The smallest absolute Gasteiger partial charge is 0.226 e. The molecular formula is C20H21F3N4O2S. The summed E-state index contributed by atoms with van der Waals surface area (Å²) in [7, 11) is 3.42. The number of aromatic nitrogens is 2. The molecule has 0 saturated carbocycles. The molecule has 0 spiro atoms. The maximum atomic E-state index is 14.3. The van der Waals surface area contributed by atoms with E-state index in [0.717, 1.165) is 12.1 Å². The van der Waals surface area contributed by atoms with Crippen LogP contribution < -0.4 is 5.32 Å². The van der Waals surface area contributed by atoms with Crippen molar-refractivity contribution in [3.05, 3.63) is 51.3 Å². The van der Waals surface area contributed by atoms with Gasteiger partial charge < -0.3 is 19.4 Å². The van der Waals surface area contributed by atoms with Gasteiger partial charge in [-0.15, -0.1) is 0 Å². The van der Waals surface area contributed by atoms with Gasteiger partial charge in [-0.2, -0.15) is 0 Å². The first-order chi connectivity index (χ1) is 14.2. The molecule has 3 heterocycles. The second-order valence-corrected chi connectivity index (χ2v) is 8.29. The molecular weight excluding hydrogens is 417 g/mol. The Morgan fingerprint density at radius 1 is 1.17 bits per heavy atom. The van der Waals surface area contributed by atoms with Crippen LogP contribution >= 0.6 is 12.2 Å². The van der Waals surface area contributed by atoms with Crippen molar-refractivity contribution in [1.29, 1.82) is 0 Å². The van der Waals surface area contributed by atoms with Crippen LogP contribution in [0.15, 0.2) is 12.1 Å². The first-order valence-corrected chi connectivity index (χ1v) is 10.0. The fourth-order valence-corrected chi connectivity index (χ4v) is 4.71. The molecule has 1 N–H and O–H groups in total. The Bertz CT molecular complexity index is 1110. The Kier molecular flexibility index (Phi) is 5.21. The summed E-state index contributed by atoms with van der Waals surface area (Å²) >= 11 is 5.44. The standard InChI is InChI=1S/C20H21F3N4O2S/c1-25-9-11(6-17(25)29)24-16(28)7-14-15-5-10(8-27(15)20(30)26(14)2)18-12(21)3-4-13(22)19(18)23/h3-4,10-11H,5-9H2,1-2H3,(H,24,28)/t10-,11-/m0/s1. The summed E-state index contributed by atoms with van der Waals surface area (Å²) in [5.41, 5.74) is 1.07. The van der Waals surface area contributed by atoms with Crippen molar-refractivity contribution in [1.82, 2.24) is 19.4 Å². The van der Waals surface area contributed by atoms with Crippen LogP contribution in [-0.2, 0) is 36.0 Å². The van der Waals surface area contributed by atoms with Crippen LogP contribution in [0.5, 0.6) is 0 Å². The largest absolute Gasteiger partial charge is 0.351 e. The molecule has 30 heavy (non-hydrogen) atoms. The predicted molar refractivity (Wildman–Crippen MR) is 105 cm³/mol. The Morgan fingerprint density at radius 3 is 2.53 bits per heavy atom. The zero-order valence-corrected chi connectivity index (χ0v) is 17.4. The Morgan fingerprint density at radius 2 is 1.87 bits per heavy atom. The number of carbonyl (C=O) groups is 2. The second-order valence-electron chi connectivity index (χ2n) is 7.92. The number of hydrogen-bond donors (Lipinski definition) is 1. The number of nitrogens with zero attached hydrogens (tertiary/aromatic N) is 3. The van der Waals surface area contributed by atoms with E-state index in [9.17, 15) is 22.8 Å². The first kappa shape index (κ1) is 20.6. The summed E-state index contributed by atoms with van der Waals surface area (Å²) in [5, 5.41) is 2.86. The first-order valence-electron chi connectivity index (χ1n) is 9.61. The molecule has 2 amide bonds. The Balaban J connectivity index is 1.56. The molecule has 0 aliphatic carbocycles. The van der Waals surface area contributed by atoms with Crippen molar-refractivity contribution in [2.45, 2.75) is 37.8 Å². The van der Waals surface area contributed by atoms with Gasteiger partial charge in [0.25, 0.3) is 0 Å². The average Bonchev–Trinajstić information content (AvgIpc) is 3.30. The van der Waals surface area contributed by atoms with Crippen molar-refractivity contribution < 1.29 is 22.8 Å². The zero-order chi connectivity index (χ0) is 21.7. The summed E-state index contributed by atoms with van der Waals surface area (Å²) in [4.78, 5) is 25.8. The third-order valence-electron chi connectivity index (χ3n) is 5.95. The van der Waals surface area contributed by atoms with Gasteiger partial charge in [0.05, 0.1) is 12.5 Å². The van der Waals surface area contributed by atoms with E-state index >= 15 is 0 Å². The van der Waals surface area contributed by atoms with E-state index in [1.54, 1.807) is 28.1 Å². The van der Waals surface area contributed by atoms with Gasteiger partial charge in [-0.3, -0.25) is 9.59 Å². The second kappa shape index (κ2) is 7.57. The number of halogens is 3. The lowest BCUT2D eigenvalue weighted by Crippen LogP contribution is -2.37. The number of benzene rings is 1. The minimum absolute atomic E-state index is 0.0227. The fraction of sp³-hybridized carbons (Fsp3) is 0.450. The molecule has 1 saturated heterocycles. The van der Waals surface area contributed by atoms with Crippen LogP contribution in [0.4, 0.5) is 13.2 Å². The molecule has 1 aromatic heterocycles. The van der Waals surface area contributed by atoms with Crippen LogP contribution in [0.25, 0.3) is 0 Å². The van der Waals surface area contributed by atoms with Crippen molar-refractivity contribution in [3.63, 3.8) is 0 Å². The van der Waals surface area contributed by atoms with Crippen LogP contribution in [0.3, 0.4) is 0 Å². The number of hydrogen-bond acceptors (Lipinski definition) is 3. The molecule has 2 aliphatic heterocycles. The molecule has 0 bridgehead atoms. The van der Waals surface area contributed by atoms with Crippen LogP contribution in [-0.4, -0.2) is 45.5 Å². The lowest BCUT2D eigenvalue weighted by atomic mass is 9.95. The highest BCUT2D eigenvalue weighted by Crippen LogP contribution is 2.36. The molecule has 1 fully saturated rings. The summed E-state index contributed by atoms with van der Waals surface area (Å²) in [5.74, 6) is -3.96. The number of likely N-dealkylation sites (tertiary alicyclic amines) is 1. The third kappa shape index (κ3) is 3.42.